The van der Waals surface area contributed by atoms with Gasteiger partial charge in [-0.2, -0.15) is 0 Å². The third-order valence-corrected chi connectivity index (χ3v) is 1.93. The molecule has 0 radical (unpaired) electrons. The van der Waals surface area contributed by atoms with Crippen LogP contribution in [-0.4, -0.2) is 25.0 Å². The van der Waals surface area contributed by atoms with Gasteiger partial charge in [0.15, 0.2) is 5.82 Å². The van der Waals surface area contributed by atoms with Crippen LogP contribution in [0.15, 0.2) is 18.5 Å². The summed E-state index contributed by atoms with van der Waals surface area (Å²) in [6.07, 6.45) is 3.38. The summed E-state index contributed by atoms with van der Waals surface area (Å²) < 4.78 is 1.67. The zero-order valence-electron chi connectivity index (χ0n) is 7.75. The van der Waals surface area contributed by atoms with Crippen LogP contribution in [0.3, 0.4) is 0 Å². The van der Waals surface area contributed by atoms with Crippen molar-refractivity contribution < 1.29 is 0 Å². The van der Waals surface area contributed by atoms with E-state index in [-0.39, 0.29) is 0 Å². The van der Waals surface area contributed by atoms with E-state index in [1.54, 1.807) is 23.1 Å². The Bertz CT molecular complexity index is 421. The number of nitrogens with two attached hydrogens (primary N) is 1. The average molecular weight is 190 g/mol. The first-order valence-electron chi connectivity index (χ1n) is 4.19. The number of nitrogens with zero attached hydrogens (tertiary/aromatic N) is 5. The van der Waals surface area contributed by atoms with Gasteiger partial charge in [0.2, 0.25) is 0 Å². The Morgan fingerprint density at radius 3 is 2.64 bits per heavy atom. The van der Waals surface area contributed by atoms with E-state index in [0.717, 1.165) is 5.69 Å². The molecule has 0 fully saturated rings. The monoisotopic (exact) mass is 190 g/mol. The molecule has 2 rings (SSSR count). The number of rotatable bonds is 2. The lowest BCUT2D eigenvalue weighted by Gasteiger charge is -2.00. The Morgan fingerprint density at radius 1 is 1.36 bits per heavy atom. The van der Waals surface area contributed by atoms with Gasteiger partial charge in [-0.1, -0.05) is 5.21 Å². The minimum atomic E-state index is 0.445. The summed E-state index contributed by atoms with van der Waals surface area (Å²) in [5.74, 6) is 1.14. The Morgan fingerprint density at radius 2 is 2.07 bits per heavy atom. The van der Waals surface area contributed by atoms with Crippen molar-refractivity contribution in [3.63, 3.8) is 0 Å². The highest BCUT2D eigenvalue weighted by molar-refractivity contribution is 5.31. The largest absolute Gasteiger partial charge is 0.381 e. The van der Waals surface area contributed by atoms with Crippen molar-refractivity contribution in [2.24, 2.45) is 0 Å². The van der Waals surface area contributed by atoms with E-state index in [0.29, 0.717) is 18.2 Å². The molecule has 0 aliphatic heterocycles. The van der Waals surface area contributed by atoms with Gasteiger partial charge in [0.25, 0.3) is 0 Å². The zero-order valence-corrected chi connectivity index (χ0v) is 7.75. The molecule has 0 saturated heterocycles. The summed E-state index contributed by atoms with van der Waals surface area (Å²) in [6.45, 7) is 2.36. The van der Waals surface area contributed by atoms with E-state index < -0.39 is 0 Å². The quantitative estimate of drug-likeness (QED) is 0.721. The predicted molar refractivity (Wildman–Crippen MR) is 50.3 cm³/mol. The molecular weight excluding hydrogens is 180 g/mol. The van der Waals surface area contributed by atoms with Crippen LogP contribution in [0.4, 0.5) is 5.82 Å². The van der Waals surface area contributed by atoms with Gasteiger partial charge in [0.1, 0.15) is 12.4 Å². The molecule has 2 aromatic rings. The van der Waals surface area contributed by atoms with Gasteiger partial charge in [-0.05, 0) is 13.0 Å². The molecule has 6 heteroatoms. The summed E-state index contributed by atoms with van der Waals surface area (Å²) in [4.78, 5) is 8.17. The molecule has 0 spiro atoms. The summed E-state index contributed by atoms with van der Waals surface area (Å²) in [7, 11) is 0. The Kier molecular flexibility index (Phi) is 2.10. The molecule has 2 aromatic heterocycles. The predicted octanol–water partition coefficient (Wildman–Crippen LogP) is 0.00702. The highest BCUT2D eigenvalue weighted by Crippen LogP contribution is 2.05. The Hall–Kier alpha value is -1.98. The lowest BCUT2D eigenvalue weighted by Crippen LogP contribution is -2.07. The van der Waals surface area contributed by atoms with Crippen molar-refractivity contribution in [1.29, 1.82) is 0 Å². The Balaban J connectivity index is 2.23. The van der Waals surface area contributed by atoms with Crippen LogP contribution < -0.4 is 5.73 Å². The molecule has 0 unspecified atom stereocenters. The fourth-order valence-electron chi connectivity index (χ4n) is 1.07. The number of anilines is 1. The van der Waals surface area contributed by atoms with E-state index in [9.17, 15) is 0 Å². The van der Waals surface area contributed by atoms with E-state index in [4.69, 9.17) is 5.73 Å². The second-order valence-corrected chi connectivity index (χ2v) is 2.88. The molecule has 0 aliphatic rings. The molecule has 14 heavy (non-hydrogen) atoms. The van der Waals surface area contributed by atoms with Crippen LogP contribution in [-0.2, 0) is 6.54 Å². The van der Waals surface area contributed by atoms with Gasteiger partial charge in [-0.3, -0.25) is 0 Å². The van der Waals surface area contributed by atoms with E-state index >= 15 is 0 Å². The molecule has 2 N–H and O–H groups in total. The lowest BCUT2D eigenvalue weighted by atomic mass is 10.4. The fraction of sp³-hybridized carbons (Fsp3) is 0.250. The molecule has 0 atom stereocenters. The maximum Gasteiger partial charge on any atom is 0.168 e. The summed E-state index contributed by atoms with van der Waals surface area (Å²) in [6, 6.07) is 1.77. The number of hydrogen-bond donors (Lipinski definition) is 1. The highest BCUT2D eigenvalue weighted by Gasteiger charge is 2.05. The molecule has 6 nitrogen and oxygen atoms in total. The van der Waals surface area contributed by atoms with Gasteiger partial charge >= 0.3 is 0 Å². The number of nitrogen functional groups attached to an aromatic ring is 1. The number of hydrogen-bond acceptors (Lipinski definition) is 5. The van der Waals surface area contributed by atoms with Crippen LogP contribution in [0.2, 0.25) is 0 Å². The molecular formula is C8H10N6. The molecule has 0 saturated carbocycles. The van der Waals surface area contributed by atoms with Crippen LogP contribution in [0.1, 0.15) is 11.5 Å². The first kappa shape index (κ1) is 8.61. The van der Waals surface area contributed by atoms with Crippen LogP contribution in [0, 0.1) is 6.92 Å². The number of aromatic nitrogens is 5. The van der Waals surface area contributed by atoms with Crippen molar-refractivity contribution in [1.82, 2.24) is 25.0 Å². The molecule has 0 amide bonds. The first-order chi connectivity index (χ1) is 6.77. The van der Waals surface area contributed by atoms with Crippen molar-refractivity contribution in [3.05, 3.63) is 30.0 Å². The van der Waals surface area contributed by atoms with E-state index in [2.05, 4.69) is 20.3 Å². The van der Waals surface area contributed by atoms with Gasteiger partial charge < -0.3 is 5.73 Å². The standard InChI is InChI=1S/C8H10N6/c1-6-8(9)12-13-14(6)5-7-10-3-2-4-11-7/h2-4H,5,9H2,1H3. The highest BCUT2D eigenvalue weighted by atomic mass is 15.4. The van der Waals surface area contributed by atoms with Crippen molar-refractivity contribution >= 4 is 5.82 Å². The van der Waals surface area contributed by atoms with Gasteiger partial charge in [0.05, 0.1) is 5.69 Å². The van der Waals surface area contributed by atoms with Gasteiger partial charge in [-0.25, -0.2) is 14.6 Å². The minimum absolute atomic E-state index is 0.445. The lowest BCUT2D eigenvalue weighted by molar-refractivity contribution is 0.610. The van der Waals surface area contributed by atoms with Crippen LogP contribution >= 0.6 is 0 Å². The minimum Gasteiger partial charge on any atom is -0.381 e. The van der Waals surface area contributed by atoms with E-state index in [1.807, 2.05) is 6.92 Å². The normalized spacial score (nSPS) is 10.4. The average Bonchev–Trinajstić information content (AvgIpc) is 2.52. The van der Waals surface area contributed by atoms with Crippen molar-refractivity contribution in [2.45, 2.75) is 13.5 Å². The van der Waals surface area contributed by atoms with Gasteiger partial charge in [0, 0.05) is 12.4 Å². The molecule has 2 heterocycles. The fourth-order valence-corrected chi connectivity index (χ4v) is 1.07. The molecule has 0 aliphatic carbocycles. The first-order valence-corrected chi connectivity index (χ1v) is 4.19. The molecule has 0 bridgehead atoms. The maximum atomic E-state index is 5.56. The van der Waals surface area contributed by atoms with Crippen LogP contribution in [0.5, 0.6) is 0 Å². The van der Waals surface area contributed by atoms with Crippen LogP contribution in [0.25, 0.3) is 0 Å². The molecule has 72 valence electrons. The third kappa shape index (κ3) is 1.54. The smallest absolute Gasteiger partial charge is 0.168 e. The summed E-state index contributed by atoms with van der Waals surface area (Å²) in [5.41, 5.74) is 6.39. The van der Waals surface area contributed by atoms with Gasteiger partial charge in [-0.15, -0.1) is 5.10 Å². The summed E-state index contributed by atoms with van der Waals surface area (Å²) in [5, 5.41) is 7.62. The van der Waals surface area contributed by atoms with Crippen molar-refractivity contribution in [2.75, 3.05) is 5.73 Å². The second kappa shape index (κ2) is 3.41. The van der Waals surface area contributed by atoms with E-state index in [1.165, 1.54) is 0 Å². The summed E-state index contributed by atoms with van der Waals surface area (Å²) >= 11 is 0. The zero-order chi connectivity index (χ0) is 9.97. The molecule has 0 aromatic carbocycles. The second-order valence-electron chi connectivity index (χ2n) is 2.88. The third-order valence-electron chi connectivity index (χ3n) is 1.93. The topological polar surface area (TPSA) is 82.5 Å². The van der Waals surface area contributed by atoms with Crippen molar-refractivity contribution in [3.8, 4) is 0 Å². The SMILES string of the molecule is Cc1c(N)nnn1Cc1ncccn1. The maximum absolute atomic E-state index is 5.56. The Labute approximate surface area is 80.8 Å².